The van der Waals surface area contributed by atoms with Gasteiger partial charge in [0.1, 0.15) is 6.42 Å². The number of carbonyl (C=O) groups excluding carboxylic acids is 1. The Labute approximate surface area is 109 Å². The average molecular weight is 257 g/mol. The fourth-order valence-electron chi connectivity index (χ4n) is 1.70. The lowest BCUT2D eigenvalue weighted by Crippen LogP contribution is -1.99. The van der Waals surface area contributed by atoms with Crippen molar-refractivity contribution in [3.63, 3.8) is 0 Å². The molecular formula is C14H11NO4. The quantitative estimate of drug-likeness (QED) is 0.635. The van der Waals surface area contributed by atoms with E-state index in [4.69, 9.17) is 5.11 Å². The predicted octanol–water partition coefficient (Wildman–Crippen LogP) is 1.78. The molecule has 5 nitrogen and oxygen atoms in total. The largest absolute Gasteiger partial charge is 0.481 e. The molecule has 1 heterocycles. The van der Waals surface area contributed by atoms with Gasteiger partial charge < -0.3 is 14.8 Å². The molecule has 96 valence electrons. The number of methoxy groups -OCH3 is 1. The number of carbonyl (C=O) groups is 2. The molecule has 0 aliphatic heterocycles. The van der Waals surface area contributed by atoms with Crippen LogP contribution in [0.4, 0.5) is 0 Å². The summed E-state index contributed by atoms with van der Waals surface area (Å²) in [5, 5.41) is 9.21. The zero-order valence-electron chi connectivity index (χ0n) is 10.2. The van der Waals surface area contributed by atoms with Crippen molar-refractivity contribution in [1.29, 1.82) is 0 Å². The number of aromatic amines is 1. The smallest absolute Gasteiger partial charge is 0.340 e. The monoisotopic (exact) mass is 257 g/mol. The average Bonchev–Trinajstić information content (AvgIpc) is 2.80. The van der Waals surface area contributed by atoms with Crippen molar-refractivity contribution < 1.29 is 19.4 Å². The van der Waals surface area contributed by atoms with E-state index in [9.17, 15) is 9.59 Å². The number of carboxylic acid groups (broad SMARTS) is 1. The number of rotatable bonds is 2. The first-order valence-corrected chi connectivity index (χ1v) is 5.52. The van der Waals surface area contributed by atoms with Crippen molar-refractivity contribution in [2.24, 2.45) is 0 Å². The summed E-state index contributed by atoms with van der Waals surface area (Å²) >= 11 is 0. The SMILES string of the molecule is COC(=O)c1c[nH]c2ccc(C#CCC(=O)O)cc12. The minimum absolute atomic E-state index is 0.213. The second-order valence-electron chi connectivity index (χ2n) is 3.83. The van der Waals surface area contributed by atoms with Crippen LogP contribution in [0.15, 0.2) is 24.4 Å². The minimum Gasteiger partial charge on any atom is -0.481 e. The normalized spacial score (nSPS) is 9.74. The zero-order chi connectivity index (χ0) is 13.8. The maximum absolute atomic E-state index is 11.5. The van der Waals surface area contributed by atoms with Crippen molar-refractivity contribution in [2.75, 3.05) is 7.11 Å². The molecule has 0 atom stereocenters. The third-order valence-electron chi connectivity index (χ3n) is 2.56. The number of ether oxygens (including phenoxy) is 1. The topological polar surface area (TPSA) is 79.4 Å². The van der Waals surface area contributed by atoms with Crippen molar-refractivity contribution in [3.05, 3.63) is 35.5 Å². The van der Waals surface area contributed by atoms with Gasteiger partial charge in [-0.3, -0.25) is 4.79 Å². The van der Waals surface area contributed by atoms with Crippen LogP contribution >= 0.6 is 0 Å². The second-order valence-corrected chi connectivity index (χ2v) is 3.83. The van der Waals surface area contributed by atoms with E-state index in [0.29, 0.717) is 16.5 Å². The van der Waals surface area contributed by atoms with E-state index in [1.165, 1.54) is 7.11 Å². The Morgan fingerprint density at radius 3 is 2.89 bits per heavy atom. The fraction of sp³-hybridized carbons (Fsp3) is 0.143. The fourth-order valence-corrected chi connectivity index (χ4v) is 1.70. The molecule has 0 saturated carbocycles. The summed E-state index contributed by atoms with van der Waals surface area (Å²) < 4.78 is 4.68. The Balaban J connectivity index is 2.40. The molecule has 0 bridgehead atoms. The van der Waals surface area contributed by atoms with E-state index in [0.717, 1.165) is 5.52 Å². The van der Waals surface area contributed by atoms with E-state index in [1.807, 2.05) is 0 Å². The van der Waals surface area contributed by atoms with Crippen LogP contribution < -0.4 is 0 Å². The van der Waals surface area contributed by atoms with Crippen LogP contribution in [0.3, 0.4) is 0 Å². The van der Waals surface area contributed by atoms with Crippen molar-refractivity contribution >= 4 is 22.8 Å². The summed E-state index contributed by atoms with van der Waals surface area (Å²) in [6.45, 7) is 0. The van der Waals surface area contributed by atoms with Crippen molar-refractivity contribution in [1.82, 2.24) is 4.98 Å². The number of H-pyrrole nitrogens is 1. The molecule has 2 aromatic rings. The van der Waals surface area contributed by atoms with Crippen molar-refractivity contribution in [3.8, 4) is 11.8 Å². The molecule has 5 heteroatoms. The van der Waals surface area contributed by atoms with Gasteiger partial charge in [0.05, 0.1) is 12.7 Å². The highest BCUT2D eigenvalue weighted by atomic mass is 16.5. The standard InChI is InChI=1S/C14H11NO4/c1-19-14(18)11-8-15-12-6-5-9(7-10(11)12)3-2-4-13(16)17/h5-8,15H,4H2,1H3,(H,16,17). The Morgan fingerprint density at radius 1 is 1.42 bits per heavy atom. The van der Waals surface area contributed by atoms with Gasteiger partial charge >= 0.3 is 11.9 Å². The lowest BCUT2D eigenvalue weighted by molar-refractivity contribution is -0.135. The highest BCUT2D eigenvalue weighted by Crippen LogP contribution is 2.20. The second kappa shape index (κ2) is 5.27. The molecular weight excluding hydrogens is 246 g/mol. The third kappa shape index (κ3) is 2.75. The number of fused-ring (bicyclic) bond motifs is 1. The van der Waals surface area contributed by atoms with Gasteiger partial charge in [0.2, 0.25) is 0 Å². The van der Waals surface area contributed by atoms with Gasteiger partial charge in [0.25, 0.3) is 0 Å². The van der Waals surface area contributed by atoms with Gasteiger partial charge in [-0.1, -0.05) is 11.8 Å². The van der Waals surface area contributed by atoms with Crippen LogP contribution in [-0.4, -0.2) is 29.1 Å². The summed E-state index contributed by atoms with van der Waals surface area (Å²) in [4.78, 5) is 24.9. The Morgan fingerprint density at radius 2 is 2.21 bits per heavy atom. The molecule has 0 saturated heterocycles. The Bertz CT molecular complexity index is 703. The van der Waals surface area contributed by atoms with Crippen LogP contribution in [0.25, 0.3) is 10.9 Å². The number of hydrogen-bond donors (Lipinski definition) is 2. The van der Waals surface area contributed by atoms with Gasteiger partial charge in [0.15, 0.2) is 0 Å². The number of benzene rings is 1. The molecule has 2 N–H and O–H groups in total. The Kier molecular flexibility index (Phi) is 3.53. The molecule has 19 heavy (non-hydrogen) atoms. The van der Waals surface area contributed by atoms with Gasteiger partial charge in [-0.15, -0.1) is 0 Å². The van der Waals surface area contributed by atoms with Crippen LogP contribution in [-0.2, 0) is 9.53 Å². The lowest BCUT2D eigenvalue weighted by Gasteiger charge is -1.97. The Hall–Kier alpha value is -2.74. The van der Waals surface area contributed by atoms with Crippen LogP contribution in [0, 0.1) is 11.8 Å². The number of carboxylic acids is 1. The number of aliphatic carboxylic acids is 1. The van der Waals surface area contributed by atoms with Crippen LogP contribution in [0.5, 0.6) is 0 Å². The summed E-state index contributed by atoms with van der Waals surface area (Å²) in [5.41, 5.74) is 1.88. The summed E-state index contributed by atoms with van der Waals surface area (Å²) in [6, 6.07) is 5.27. The van der Waals surface area contributed by atoms with Crippen molar-refractivity contribution in [2.45, 2.75) is 6.42 Å². The number of aromatic nitrogens is 1. The van der Waals surface area contributed by atoms with E-state index >= 15 is 0 Å². The highest BCUT2D eigenvalue weighted by Gasteiger charge is 2.11. The van der Waals surface area contributed by atoms with Crippen LogP contribution in [0.1, 0.15) is 22.3 Å². The molecule has 0 aliphatic carbocycles. The van der Waals surface area contributed by atoms with E-state index in [2.05, 4.69) is 21.6 Å². The molecule has 2 rings (SSSR count). The van der Waals surface area contributed by atoms with Gasteiger partial charge in [-0.05, 0) is 18.2 Å². The van der Waals surface area contributed by atoms with E-state index in [1.54, 1.807) is 24.4 Å². The zero-order valence-corrected chi connectivity index (χ0v) is 10.2. The molecule has 1 aromatic carbocycles. The third-order valence-corrected chi connectivity index (χ3v) is 2.56. The van der Waals surface area contributed by atoms with E-state index in [-0.39, 0.29) is 6.42 Å². The number of esters is 1. The first-order valence-electron chi connectivity index (χ1n) is 5.52. The molecule has 0 spiro atoms. The van der Waals surface area contributed by atoms with Crippen LogP contribution in [0.2, 0.25) is 0 Å². The molecule has 0 fully saturated rings. The molecule has 0 radical (unpaired) electrons. The maximum atomic E-state index is 11.5. The van der Waals surface area contributed by atoms with Gasteiger partial charge in [-0.2, -0.15) is 0 Å². The molecule has 1 aromatic heterocycles. The highest BCUT2D eigenvalue weighted by molar-refractivity contribution is 6.04. The first-order chi connectivity index (χ1) is 9.11. The maximum Gasteiger partial charge on any atom is 0.340 e. The summed E-state index contributed by atoms with van der Waals surface area (Å²) in [7, 11) is 1.32. The molecule has 0 amide bonds. The minimum atomic E-state index is -0.967. The molecule has 0 unspecified atom stereocenters. The van der Waals surface area contributed by atoms with Gasteiger partial charge in [0, 0.05) is 22.7 Å². The lowest BCUT2D eigenvalue weighted by atomic mass is 10.1. The van der Waals surface area contributed by atoms with Gasteiger partial charge in [-0.25, -0.2) is 4.79 Å². The van der Waals surface area contributed by atoms with E-state index < -0.39 is 11.9 Å². The number of hydrogen-bond acceptors (Lipinski definition) is 3. The summed E-state index contributed by atoms with van der Waals surface area (Å²) in [5.74, 6) is 3.89. The molecule has 0 aliphatic rings. The summed E-state index contributed by atoms with van der Waals surface area (Å²) in [6.07, 6.45) is 1.36. The predicted molar refractivity (Wildman–Crippen MR) is 68.8 cm³/mol. The first kappa shape index (κ1) is 12.7. The number of nitrogens with one attached hydrogen (secondary N) is 1.